The molecule has 0 radical (unpaired) electrons. The van der Waals surface area contributed by atoms with Crippen LogP contribution in [0, 0.1) is 0 Å². The first kappa shape index (κ1) is 17.3. The predicted octanol–water partition coefficient (Wildman–Crippen LogP) is 2.70. The van der Waals surface area contributed by atoms with E-state index in [9.17, 15) is 9.90 Å². The van der Waals surface area contributed by atoms with Crippen LogP contribution in [0.25, 0.3) is 0 Å². The van der Waals surface area contributed by atoms with E-state index in [1.807, 2.05) is 38.1 Å². The Kier molecular flexibility index (Phi) is 7.02. The zero-order valence-electron chi connectivity index (χ0n) is 13.0. The number of hydrogen-bond acceptors (Lipinski definition) is 4. The Morgan fingerprint density at radius 2 is 1.95 bits per heavy atom. The zero-order valence-corrected chi connectivity index (χ0v) is 13.0. The van der Waals surface area contributed by atoms with Gasteiger partial charge in [-0.25, -0.2) is 0 Å². The summed E-state index contributed by atoms with van der Waals surface area (Å²) in [5.74, 6) is 0.564. The number of rotatable bonds is 10. The van der Waals surface area contributed by atoms with Crippen LogP contribution in [-0.4, -0.2) is 36.9 Å². The minimum Gasteiger partial charge on any atom is -0.493 e. The van der Waals surface area contributed by atoms with Gasteiger partial charge in [0.15, 0.2) is 11.5 Å². The molecule has 0 saturated carbocycles. The average Bonchev–Trinajstić information content (AvgIpc) is 2.50. The van der Waals surface area contributed by atoms with Crippen LogP contribution in [0.3, 0.4) is 0 Å². The molecule has 5 nitrogen and oxygen atoms in total. The number of ether oxygens (including phenoxy) is 2. The summed E-state index contributed by atoms with van der Waals surface area (Å²) in [4.78, 5) is 11.5. The molecule has 0 bridgehead atoms. The second kappa shape index (κ2) is 8.52. The Balaban J connectivity index is 2.53. The molecule has 0 aliphatic rings. The molecule has 1 atom stereocenters. The largest absolute Gasteiger partial charge is 0.493 e. The van der Waals surface area contributed by atoms with E-state index < -0.39 is 11.5 Å². The molecule has 0 aromatic heterocycles. The summed E-state index contributed by atoms with van der Waals surface area (Å²) in [5.41, 5.74) is -0.862. The number of methoxy groups -OCH3 is 1. The van der Waals surface area contributed by atoms with Crippen molar-refractivity contribution in [1.29, 1.82) is 0 Å². The maximum Gasteiger partial charge on any atom is 0.323 e. The highest BCUT2D eigenvalue weighted by atomic mass is 16.5. The summed E-state index contributed by atoms with van der Waals surface area (Å²) in [5, 5.41) is 12.5. The molecule has 118 valence electrons. The fourth-order valence-corrected chi connectivity index (χ4v) is 2.36. The van der Waals surface area contributed by atoms with Gasteiger partial charge in [-0.15, -0.1) is 0 Å². The Morgan fingerprint density at radius 1 is 1.29 bits per heavy atom. The van der Waals surface area contributed by atoms with E-state index in [1.54, 1.807) is 7.11 Å². The highest BCUT2D eigenvalue weighted by Crippen LogP contribution is 2.26. The highest BCUT2D eigenvalue weighted by molar-refractivity contribution is 5.78. The van der Waals surface area contributed by atoms with Crippen molar-refractivity contribution in [2.75, 3.05) is 20.3 Å². The monoisotopic (exact) mass is 295 g/mol. The van der Waals surface area contributed by atoms with Crippen LogP contribution in [0.15, 0.2) is 24.3 Å². The summed E-state index contributed by atoms with van der Waals surface area (Å²) in [6, 6.07) is 7.43. The number of carboxylic acid groups (broad SMARTS) is 1. The standard InChI is InChI=1S/C16H25NO4/c1-4-16(15(18)19,17-5-2)11-8-12-21-14-10-7-6-9-13(14)20-3/h6-7,9-10,17H,4-5,8,11-12H2,1-3H3,(H,18,19). The minimum atomic E-state index is -0.862. The van der Waals surface area contributed by atoms with E-state index in [2.05, 4.69) is 5.32 Å². The van der Waals surface area contributed by atoms with Gasteiger partial charge in [-0.05, 0) is 37.9 Å². The normalized spacial score (nSPS) is 13.5. The average molecular weight is 295 g/mol. The summed E-state index contributed by atoms with van der Waals surface area (Å²) in [7, 11) is 1.60. The molecule has 0 fully saturated rings. The van der Waals surface area contributed by atoms with Gasteiger partial charge in [0.2, 0.25) is 0 Å². The summed E-state index contributed by atoms with van der Waals surface area (Å²) < 4.78 is 10.9. The second-order valence-electron chi connectivity index (χ2n) is 4.87. The number of aliphatic carboxylic acids is 1. The molecule has 0 spiro atoms. The van der Waals surface area contributed by atoms with Crippen molar-refractivity contribution in [3.63, 3.8) is 0 Å². The van der Waals surface area contributed by atoms with Crippen LogP contribution in [0.5, 0.6) is 11.5 Å². The molecule has 21 heavy (non-hydrogen) atoms. The molecule has 0 aliphatic heterocycles. The van der Waals surface area contributed by atoms with Gasteiger partial charge in [0.05, 0.1) is 13.7 Å². The third-order valence-electron chi connectivity index (χ3n) is 3.60. The number of para-hydroxylation sites is 2. The summed E-state index contributed by atoms with van der Waals surface area (Å²) in [6.07, 6.45) is 1.73. The molecule has 0 aliphatic carbocycles. The van der Waals surface area contributed by atoms with Crippen molar-refractivity contribution in [2.45, 2.75) is 38.6 Å². The van der Waals surface area contributed by atoms with Crippen molar-refractivity contribution in [3.05, 3.63) is 24.3 Å². The van der Waals surface area contributed by atoms with Crippen LogP contribution in [0.1, 0.15) is 33.1 Å². The Bertz CT molecular complexity index is 450. The van der Waals surface area contributed by atoms with E-state index in [-0.39, 0.29) is 0 Å². The molecule has 1 unspecified atom stereocenters. The Hall–Kier alpha value is -1.75. The van der Waals surface area contributed by atoms with Gasteiger partial charge in [0.1, 0.15) is 5.54 Å². The lowest BCUT2D eigenvalue weighted by Gasteiger charge is -2.29. The molecule has 0 saturated heterocycles. The van der Waals surface area contributed by atoms with Crippen molar-refractivity contribution in [3.8, 4) is 11.5 Å². The SMILES string of the molecule is CCNC(CC)(CCCOc1ccccc1OC)C(=O)O. The molecule has 1 aromatic rings. The molecule has 2 N–H and O–H groups in total. The quantitative estimate of drug-likeness (QED) is 0.650. The van der Waals surface area contributed by atoms with E-state index in [1.165, 1.54) is 0 Å². The first-order chi connectivity index (χ1) is 10.1. The lowest BCUT2D eigenvalue weighted by Crippen LogP contribution is -2.51. The van der Waals surface area contributed by atoms with E-state index in [4.69, 9.17) is 9.47 Å². The third-order valence-corrected chi connectivity index (χ3v) is 3.60. The molecule has 5 heteroatoms. The van der Waals surface area contributed by atoms with E-state index in [0.717, 1.165) is 0 Å². The van der Waals surface area contributed by atoms with E-state index in [0.29, 0.717) is 43.9 Å². The number of benzene rings is 1. The Labute approximate surface area is 126 Å². The predicted molar refractivity (Wildman–Crippen MR) is 82.1 cm³/mol. The van der Waals surface area contributed by atoms with Crippen molar-refractivity contribution in [2.24, 2.45) is 0 Å². The van der Waals surface area contributed by atoms with Crippen molar-refractivity contribution in [1.82, 2.24) is 5.32 Å². The van der Waals surface area contributed by atoms with Crippen molar-refractivity contribution >= 4 is 5.97 Å². The van der Waals surface area contributed by atoms with Crippen LogP contribution < -0.4 is 14.8 Å². The summed E-state index contributed by atoms with van der Waals surface area (Å²) in [6.45, 7) is 4.89. The second-order valence-corrected chi connectivity index (χ2v) is 4.87. The number of likely N-dealkylation sites (N-methyl/N-ethyl adjacent to an activating group) is 1. The Morgan fingerprint density at radius 3 is 2.48 bits per heavy atom. The minimum absolute atomic E-state index is 0.459. The first-order valence-corrected chi connectivity index (χ1v) is 7.34. The summed E-state index contributed by atoms with van der Waals surface area (Å²) >= 11 is 0. The zero-order chi connectivity index (χ0) is 15.7. The number of hydrogen-bond donors (Lipinski definition) is 2. The lowest BCUT2D eigenvalue weighted by atomic mass is 9.90. The number of nitrogens with one attached hydrogen (secondary N) is 1. The number of carboxylic acids is 1. The highest BCUT2D eigenvalue weighted by Gasteiger charge is 2.34. The first-order valence-electron chi connectivity index (χ1n) is 7.34. The fourth-order valence-electron chi connectivity index (χ4n) is 2.36. The molecular weight excluding hydrogens is 270 g/mol. The van der Waals surface area contributed by atoms with Gasteiger partial charge in [-0.3, -0.25) is 4.79 Å². The molecule has 0 heterocycles. The van der Waals surface area contributed by atoms with Crippen LogP contribution in [-0.2, 0) is 4.79 Å². The molecule has 1 rings (SSSR count). The lowest BCUT2D eigenvalue weighted by molar-refractivity contribution is -0.145. The molecule has 1 aromatic carbocycles. The van der Waals surface area contributed by atoms with E-state index >= 15 is 0 Å². The smallest absolute Gasteiger partial charge is 0.323 e. The molecule has 0 amide bonds. The third kappa shape index (κ3) is 4.63. The van der Waals surface area contributed by atoms with Gasteiger partial charge in [-0.2, -0.15) is 0 Å². The van der Waals surface area contributed by atoms with Gasteiger partial charge >= 0.3 is 5.97 Å². The van der Waals surface area contributed by atoms with Crippen LogP contribution in [0.2, 0.25) is 0 Å². The van der Waals surface area contributed by atoms with Gasteiger partial charge in [-0.1, -0.05) is 26.0 Å². The van der Waals surface area contributed by atoms with Gasteiger partial charge in [0, 0.05) is 0 Å². The van der Waals surface area contributed by atoms with Gasteiger partial charge < -0.3 is 19.9 Å². The van der Waals surface area contributed by atoms with Gasteiger partial charge in [0.25, 0.3) is 0 Å². The maximum atomic E-state index is 11.5. The van der Waals surface area contributed by atoms with Crippen molar-refractivity contribution < 1.29 is 19.4 Å². The topological polar surface area (TPSA) is 67.8 Å². The maximum absolute atomic E-state index is 11.5. The van der Waals surface area contributed by atoms with Crippen LogP contribution in [0.4, 0.5) is 0 Å². The number of carbonyl (C=O) groups is 1. The van der Waals surface area contributed by atoms with Crippen LogP contribution >= 0.6 is 0 Å². The molecular formula is C16H25NO4. The fraction of sp³-hybridized carbons (Fsp3) is 0.562.